The summed E-state index contributed by atoms with van der Waals surface area (Å²) < 4.78 is 5.16. The molecule has 4 heteroatoms. The molecular weight excluding hydrogens is 206 g/mol. The highest BCUT2D eigenvalue weighted by Gasteiger charge is 2.28. The van der Waals surface area contributed by atoms with Crippen LogP contribution in [0.5, 0.6) is 0 Å². The van der Waals surface area contributed by atoms with E-state index in [0.29, 0.717) is 12.8 Å². The molecule has 0 spiro atoms. The topological polar surface area (TPSA) is 46.6 Å². The fourth-order valence-corrected chi connectivity index (χ4v) is 1.38. The molecule has 0 aromatic rings. The zero-order valence-corrected chi connectivity index (χ0v) is 11.1. The van der Waals surface area contributed by atoms with E-state index in [4.69, 9.17) is 4.74 Å². The van der Waals surface area contributed by atoms with Gasteiger partial charge in [-0.25, -0.2) is 4.79 Å². The lowest BCUT2D eigenvalue weighted by Gasteiger charge is -2.34. The molecule has 0 aliphatic heterocycles. The Morgan fingerprint density at radius 3 is 2.12 bits per heavy atom. The van der Waals surface area contributed by atoms with Gasteiger partial charge in [-0.1, -0.05) is 13.8 Å². The van der Waals surface area contributed by atoms with Crippen LogP contribution in [0.4, 0.5) is 4.79 Å². The van der Waals surface area contributed by atoms with E-state index in [1.165, 1.54) is 0 Å². The quantitative estimate of drug-likeness (QED) is 0.696. The summed E-state index contributed by atoms with van der Waals surface area (Å²) in [6.45, 7) is 11.9. The second kappa shape index (κ2) is 5.87. The van der Waals surface area contributed by atoms with Crippen LogP contribution in [0.15, 0.2) is 0 Å². The van der Waals surface area contributed by atoms with Crippen molar-refractivity contribution in [1.29, 1.82) is 0 Å². The van der Waals surface area contributed by atoms with Crippen molar-refractivity contribution in [2.45, 2.75) is 53.2 Å². The summed E-state index contributed by atoms with van der Waals surface area (Å²) in [5.74, 6) is 0.000115. The minimum Gasteiger partial charge on any atom is -0.438 e. The molecule has 0 saturated carbocycles. The smallest absolute Gasteiger partial charge is 0.410 e. The van der Waals surface area contributed by atoms with Gasteiger partial charge in [0, 0.05) is 12.1 Å². The van der Waals surface area contributed by atoms with Gasteiger partial charge in [0.2, 0.25) is 0 Å². The van der Waals surface area contributed by atoms with E-state index in [0.717, 1.165) is 0 Å². The zero-order chi connectivity index (χ0) is 12.9. The van der Waals surface area contributed by atoms with Crippen molar-refractivity contribution in [3.05, 3.63) is 0 Å². The van der Waals surface area contributed by atoms with Crippen molar-refractivity contribution >= 4 is 12.4 Å². The molecule has 0 heterocycles. The number of carbonyl (C=O) groups is 2. The van der Waals surface area contributed by atoms with Crippen molar-refractivity contribution in [3.8, 4) is 0 Å². The summed E-state index contributed by atoms with van der Waals surface area (Å²) in [7, 11) is 0. The first-order valence-corrected chi connectivity index (χ1v) is 5.67. The Kier molecular flexibility index (Phi) is 5.48. The highest BCUT2D eigenvalue weighted by molar-refractivity contribution is 5.72. The van der Waals surface area contributed by atoms with E-state index in [1.54, 1.807) is 4.90 Å². The Hall–Kier alpha value is -1.06. The minimum absolute atomic E-state index is 0.000115. The Labute approximate surface area is 98.0 Å². The Bertz CT molecular complexity index is 243. The molecule has 0 aliphatic carbocycles. The maximum absolute atomic E-state index is 11.8. The van der Waals surface area contributed by atoms with Crippen LogP contribution < -0.4 is 0 Å². The van der Waals surface area contributed by atoms with Crippen LogP contribution >= 0.6 is 0 Å². The first kappa shape index (κ1) is 14.9. The van der Waals surface area contributed by atoms with E-state index in [2.05, 4.69) is 0 Å². The van der Waals surface area contributed by atoms with Crippen molar-refractivity contribution < 1.29 is 14.3 Å². The number of carbonyl (C=O) groups excluding carboxylic acids is 2. The van der Waals surface area contributed by atoms with Gasteiger partial charge >= 0.3 is 6.09 Å². The second-order valence-electron chi connectivity index (χ2n) is 5.14. The summed E-state index contributed by atoms with van der Waals surface area (Å²) in [6.07, 6.45) is -0.413. The van der Waals surface area contributed by atoms with E-state index < -0.39 is 12.2 Å². The number of amides is 1. The van der Waals surface area contributed by atoms with Crippen LogP contribution in [0.3, 0.4) is 0 Å². The summed E-state index contributed by atoms with van der Waals surface area (Å²) in [6, 6.07) is 0. The highest BCUT2D eigenvalue weighted by Crippen LogP contribution is 2.16. The SMILES string of the molecule is CCN(C(=O)OC(C=O)C(C)C)C(C)(C)C. The zero-order valence-electron chi connectivity index (χ0n) is 11.1. The maximum Gasteiger partial charge on any atom is 0.410 e. The lowest BCUT2D eigenvalue weighted by atomic mass is 10.1. The van der Waals surface area contributed by atoms with Crippen molar-refractivity contribution in [1.82, 2.24) is 4.90 Å². The Morgan fingerprint density at radius 1 is 1.38 bits per heavy atom. The number of ether oxygens (including phenoxy) is 1. The summed E-state index contributed by atoms with van der Waals surface area (Å²) >= 11 is 0. The summed E-state index contributed by atoms with van der Waals surface area (Å²) in [4.78, 5) is 24.2. The lowest BCUT2D eigenvalue weighted by molar-refractivity contribution is -0.118. The molecule has 1 amide bonds. The van der Waals surface area contributed by atoms with Crippen molar-refractivity contribution in [3.63, 3.8) is 0 Å². The largest absolute Gasteiger partial charge is 0.438 e. The van der Waals surface area contributed by atoms with Gasteiger partial charge in [-0.05, 0) is 33.6 Å². The molecule has 0 aromatic heterocycles. The fraction of sp³-hybridized carbons (Fsp3) is 0.833. The molecular formula is C12H23NO3. The number of aldehydes is 1. The van der Waals surface area contributed by atoms with Crippen LogP contribution in [0.1, 0.15) is 41.5 Å². The third kappa shape index (κ3) is 4.21. The number of rotatable bonds is 4. The van der Waals surface area contributed by atoms with Crippen molar-refractivity contribution in [2.24, 2.45) is 5.92 Å². The van der Waals surface area contributed by atoms with Gasteiger partial charge < -0.3 is 9.64 Å². The summed E-state index contributed by atoms with van der Waals surface area (Å²) in [5, 5.41) is 0. The van der Waals surface area contributed by atoms with Crippen LogP contribution in [0, 0.1) is 5.92 Å². The highest BCUT2D eigenvalue weighted by atomic mass is 16.6. The molecule has 16 heavy (non-hydrogen) atoms. The standard InChI is InChI=1S/C12H23NO3/c1-7-13(12(4,5)6)11(15)16-10(8-14)9(2)3/h8-10H,7H2,1-6H3. The average Bonchev–Trinajstić information content (AvgIpc) is 2.12. The molecule has 0 bridgehead atoms. The van der Waals surface area contributed by atoms with Crippen LogP contribution in [0.2, 0.25) is 0 Å². The predicted octanol–water partition coefficient (Wildman–Crippen LogP) is 2.47. The lowest BCUT2D eigenvalue weighted by Crippen LogP contribution is -2.47. The molecule has 94 valence electrons. The molecule has 0 fully saturated rings. The third-order valence-corrected chi connectivity index (χ3v) is 2.37. The first-order valence-electron chi connectivity index (χ1n) is 5.67. The Balaban J connectivity index is 4.60. The molecule has 0 rings (SSSR count). The van der Waals surface area contributed by atoms with E-state index >= 15 is 0 Å². The average molecular weight is 229 g/mol. The number of hydrogen-bond acceptors (Lipinski definition) is 3. The summed E-state index contributed by atoms with van der Waals surface area (Å²) in [5.41, 5.74) is -0.295. The molecule has 0 saturated heterocycles. The normalized spacial score (nSPS) is 13.4. The maximum atomic E-state index is 11.8. The second-order valence-corrected chi connectivity index (χ2v) is 5.14. The minimum atomic E-state index is -0.663. The first-order chi connectivity index (χ1) is 7.23. The fourth-order valence-electron chi connectivity index (χ4n) is 1.38. The Morgan fingerprint density at radius 2 is 1.88 bits per heavy atom. The molecule has 1 atom stereocenters. The van der Waals surface area contributed by atoms with Gasteiger partial charge in [-0.15, -0.1) is 0 Å². The monoisotopic (exact) mass is 229 g/mol. The van der Waals surface area contributed by atoms with E-state index in [9.17, 15) is 9.59 Å². The van der Waals surface area contributed by atoms with Crippen LogP contribution in [-0.2, 0) is 9.53 Å². The molecule has 1 unspecified atom stereocenters. The van der Waals surface area contributed by atoms with E-state index in [1.807, 2.05) is 41.5 Å². The van der Waals surface area contributed by atoms with Gasteiger partial charge in [0.1, 0.15) is 0 Å². The van der Waals surface area contributed by atoms with Gasteiger partial charge in [-0.2, -0.15) is 0 Å². The van der Waals surface area contributed by atoms with Crippen LogP contribution in [0.25, 0.3) is 0 Å². The number of nitrogens with zero attached hydrogens (tertiary/aromatic N) is 1. The van der Waals surface area contributed by atoms with Gasteiger partial charge in [-0.3, -0.25) is 4.79 Å². The number of hydrogen-bond donors (Lipinski definition) is 0. The molecule has 0 aliphatic rings. The van der Waals surface area contributed by atoms with Crippen LogP contribution in [-0.4, -0.2) is 35.5 Å². The molecule has 4 nitrogen and oxygen atoms in total. The van der Waals surface area contributed by atoms with Crippen molar-refractivity contribution in [2.75, 3.05) is 6.54 Å². The molecule has 0 radical (unpaired) electrons. The third-order valence-electron chi connectivity index (χ3n) is 2.37. The van der Waals surface area contributed by atoms with Gasteiger partial charge in [0.15, 0.2) is 12.4 Å². The van der Waals surface area contributed by atoms with E-state index in [-0.39, 0.29) is 11.5 Å². The molecule has 0 aromatic carbocycles. The van der Waals surface area contributed by atoms with Gasteiger partial charge in [0.05, 0.1) is 0 Å². The predicted molar refractivity (Wildman–Crippen MR) is 63.3 cm³/mol. The molecule has 0 N–H and O–H groups in total. The van der Waals surface area contributed by atoms with Gasteiger partial charge in [0.25, 0.3) is 0 Å².